The van der Waals surface area contributed by atoms with Crippen LogP contribution >= 0.6 is 0 Å². The molecule has 2 N–H and O–H groups in total. The van der Waals surface area contributed by atoms with Gasteiger partial charge in [-0.15, -0.1) is 5.10 Å². The summed E-state index contributed by atoms with van der Waals surface area (Å²) in [5, 5.41) is 25.9. The summed E-state index contributed by atoms with van der Waals surface area (Å²) in [5.74, 6) is -0.658. The number of ether oxygens (including phenoxy) is 1. The number of aryl methyl sites for hydroxylation is 1. The number of aromatic carboxylic acids is 1. The molecule has 0 atom stereocenters. The summed E-state index contributed by atoms with van der Waals surface area (Å²) in [6, 6.07) is 7.02. The van der Waals surface area contributed by atoms with Crippen molar-refractivity contribution in [3.8, 4) is 11.6 Å². The van der Waals surface area contributed by atoms with Gasteiger partial charge < -0.3 is 14.9 Å². The number of aliphatic hydroxyl groups is 1. The van der Waals surface area contributed by atoms with Crippen molar-refractivity contribution < 1.29 is 19.7 Å². The summed E-state index contributed by atoms with van der Waals surface area (Å²) in [5.41, 5.74) is 2.07. The Kier molecular flexibility index (Phi) is 4.49. The first-order valence-electron chi connectivity index (χ1n) is 6.47. The van der Waals surface area contributed by atoms with Crippen LogP contribution in [-0.2, 0) is 6.42 Å². The highest BCUT2D eigenvalue weighted by atomic mass is 16.5. The third kappa shape index (κ3) is 3.35. The summed E-state index contributed by atoms with van der Waals surface area (Å²) < 4.78 is 5.52. The van der Waals surface area contributed by atoms with Gasteiger partial charge in [0.1, 0.15) is 11.3 Å². The Morgan fingerprint density at radius 3 is 2.43 bits per heavy atom. The molecule has 21 heavy (non-hydrogen) atoms. The number of nitrogens with zero attached hydrogens (tertiary/aromatic N) is 2. The topological polar surface area (TPSA) is 92.5 Å². The van der Waals surface area contributed by atoms with E-state index in [0.29, 0.717) is 23.4 Å². The molecule has 0 unspecified atom stereocenters. The second kappa shape index (κ2) is 6.32. The van der Waals surface area contributed by atoms with Gasteiger partial charge in [-0.1, -0.05) is 12.1 Å². The zero-order chi connectivity index (χ0) is 15.4. The van der Waals surface area contributed by atoms with Crippen LogP contribution in [0.1, 0.15) is 27.2 Å². The van der Waals surface area contributed by atoms with E-state index in [1.807, 2.05) is 0 Å². The maximum Gasteiger partial charge on any atom is 0.341 e. The van der Waals surface area contributed by atoms with Crippen LogP contribution in [-0.4, -0.2) is 33.0 Å². The molecule has 6 heteroatoms. The molecular weight excluding hydrogens is 272 g/mol. The summed E-state index contributed by atoms with van der Waals surface area (Å²) in [6.45, 7) is 3.44. The number of hydrogen-bond donors (Lipinski definition) is 2. The molecule has 1 aromatic carbocycles. The fourth-order valence-corrected chi connectivity index (χ4v) is 1.87. The first-order chi connectivity index (χ1) is 10.0. The molecule has 0 spiro atoms. The largest absolute Gasteiger partial charge is 0.477 e. The van der Waals surface area contributed by atoms with Crippen LogP contribution in [0, 0.1) is 13.8 Å². The normalized spacial score (nSPS) is 10.4. The molecule has 0 radical (unpaired) electrons. The van der Waals surface area contributed by atoms with Crippen LogP contribution in [0.2, 0.25) is 0 Å². The van der Waals surface area contributed by atoms with Crippen molar-refractivity contribution in [2.24, 2.45) is 0 Å². The Balaban J connectivity index is 2.31. The molecule has 6 nitrogen and oxygen atoms in total. The number of carbonyl (C=O) groups is 1. The van der Waals surface area contributed by atoms with Gasteiger partial charge in [0.25, 0.3) is 5.88 Å². The number of aliphatic hydroxyl groups excluding tert-OH is 1. The molecule has 2 aromatic rings. The average molecular weight is 288 g/mol. The van der Waals surface area contributed by atoms with Gasteiger partial charge in [-0.3, -0.25) is 0 Å². The summed E-state index contributed by atoms with van der Waals surface area (Å²) in [7, 11) is 0. The third-order valence-electron chi connectivity index (χ3n) is 3.17. The van der Waals surface area contributed by atoms with E-state index in [4.69, 9.17) is 9.84 Å². The fraction of sp³-hybridized carbons (Fsp3) is 0.267. The number of benzene rings is 1. The molecule has 0 bridgehead atoms. The molecule has 110 valence electrons. The van der Waals surface area contributed by atoms with Crippen molar-refractivity contribution in [2.75, 3.05) is 6.61 Å². The fourth-order valence-electron chi connectivity index (χ4n) is 1.87. The molecule has 0 aliphatic carbocycles. The van der Waals surface area contributed by atoms with Crippen LogP contribution in [0.15, 0.2) is 24.3 Å². The lowest BCUT2D eigenvalue weighted by atomic mass is 10.1. The van der Waals surface area contributed by atoms with Gasteiger partial charge in [0.2, 0.25) is 0 Å². The molecule has 0 amide bonds. The maximum absolute atomic E-state index is 11.3. The van der Waals surface area contributed by atoms with Gasteiger partial charge in [0.15, 0.2) is 0 Å². The van der Waals surface area contributed by atoms with Crippen LogP contribution in [0.3, 0.4) is 0 Å². The van der Waals surface area contributed by atoms with E-state index >= 15 is 0 Å². The van der Waals surface area contributed by atoms with E-state index in [2.05, 4.69) is 10.2 Å². The van der Waals surface area contributed by atoms with Crippen molar-refractivity contribution in [1.82, 2.24) is 10.2 Å². The highest BCUT2D eigenvalue weighted by molar-refractivity contribution is 5.92. The predicted octanol–water partition coefficient (Wildman–Crippen LogP) is 2.12. The molecule has 0 aliphatic rings. The van der Waals surface area contributed by atoms with Gasteiger partial charge >= 0.3 is 5.97 Å². The summed E-state index contributed by atoms with van der Waals surface area (Å²) in [4.78, 5) is 11.3. The Hall–Kier alpha value is -2.47. The second-order valence-electron chi connectivity index (χ2n) is 4.62. The predicted molar refractivity (Wildman–Crippen MR) is 75.8 cm³/mol. The van der Waals surface area contributed by atoms with E-state index in [1.54, 1.807) is 38.1 Å². The summed E-state index contributed by atoms with van der Waals surface area (Å²) >= 11 is 0. The molecule has 0 fully saturated rings. The van der Waals surface area contributed by atoms with E-state index < -0.39 is 5.97 Å². The van der Waals surface area contributed by atoms with Gasteiger partial charge in [-0.2, -0.15) is 5.10 Å². The molecule has 1 heterocycles. The Morgan fingerprint density at radius 2 is 1.86 bits per heavy atom. The Morgan fingerprint density at radius 1 is 1.19 bits per heavy atom. The van der Waals surface area contributed by atoms with Gasteiger partial charge in [-0.05, 0) is 43.5 Å². The molecule has 0 saturated carbocycles. The van der Waals surface area contributed by atoms with Crippen LogP contribution in [0.25, 0.3) is 0 Å². The van der Waals surface area contributed by atoms with Crippen LogP contribution in [0.4, 0.5) is 0 Å². The Labute approximate surface area is 122 Å². The minimum Gasteiger partial charge on any atom is -0.477 e. The number of hydrogen-bond acceptors (Lipinski definition) is 5. The van der Waals surface area contributed by atoms with E-state index in [1.165, 1.54) is 0 Å². The number of aromatic nitrogens is 2. The number of carboxylic acids is 1. The van der Waals surface area contributed by atoms with E-state index in [-0.39, 0.29) is 18.1 Å². The smallest absolute Gasteiger partial charge is 0.341 e. The lowest BCUT2D eigenvalue weighted by Gasteiger charge is -2.10. The van der Waals surface area contributed by atoms with Crippen molar-refractivity contribution in [2.45, 2.75) is 20.3 Å². The lowest BCUT2D eigenvalue weighted by molar-refractivity contribution is 0.0692. The molecule has 0 saturated heterocycles. The first kappa shape index (κ1) is 14.9. The number of carboxylic acid groups (broad SMARTS) is 1. The van der Waals surface area contributed by atoms with E-state index in [0.717, 1.165) is 5.56 Å². The van der Waals surface area contributed by atoms with Gasteiger partial charge in [0.05, 0.1) is 5.69 Å². The summed E-state index contributed by atoms with van der Waals surface area (Å²) in [6.07, 6.45) is 0.560. The van der Waals surface area contributed by atoms with E-state index in [9.17, 15) is 9.90 Å². The standard InChI is InChI=1S/C15H16N2O4/c1-9-10(2)16-17-14(13(9)15(19)20)21-12-5-3-11(4-6-12)7-8-18/h3-6,18H,7-8H2,1-2H3,(H,19,20). The molecule has 2 rings (SSSR count). The Bertz CT molecular complexity index is 653. The van der Waals surface area contributed by atoms with Gasteiger partial charge in [0, 0.05) is 6.61 Å². The van der Waals surface area contributed by atoms with Crippen molar-refractivity contribution >= 4 is 5.97 Å². The van der Waals surface area contributed by atoms with Crippen LogP contribution < -0.4 is 4.74 Å². The average Bonchev–Trinajstić information content (AvgIpc) is 2.45. The monoisotopic (exact) mass is 288 g/mol. The third-order valence-corrected chi connectivity index (χ3v) is 3.17. The maximum atomic E-state index is 11.3. The molecular formula is C15H16N2O4. The van der Waals surface area contributed by atoms with Crippen molar-refractivity contribution in [1.29, 1.82) is 0 Å². The minimum absolute atomic E-state index is 0.0157. The lowest BCUT2D eigenvalue weighted by Crippen LogP contribution is -2.08. The van der Waals surface area contributed by atoms with Crippen molar-refractivity contribution in [3.05, 3.63) is 46.6 Å². The highest BCUT2D eigenvalue weighted by Crippen LogP contribution is 2.26. The van der Waals surface area contributed by atoms with Crippen molar-refractivity contribution in [3.63, 3.8) is 0 Å². The van der Waals surface area contributed by atoms with Crippen LogP contribution in [0.5, 0.6) is 11.6 Å². The quantitative estimate of drug-likeness (QED) is 0.875. The number of rotatable bonds is 5. The zero-order valence-electron chi connectivity index (χ0n) is 11.8. The highest BCUT2D eigenvalue weighted by Gasteiger charge is 2.19. The SMILES string of the molecule is Cc1nnc(Oc2ccc(CCO)cc2)c(C(=O)O)c1C. The molecule has 0 aliphatic heterocycles. The minimum atomic E-state index is -1.10. The first-order valence-corrected chi connectivity index (χ1v) is 6.47. The molecule has 1 aromatic heterocycles. The second-order valence-corrected chi connectivity index (χ2v) is 4.62. The van der Waals surface area contributed by atoms with Gasteiger partial charge in [-0.25, -0.2) is 4.79 Å². The zero-order valence-corrected chi connectivity index (χ0v) is 11.8.